The second kappa shape index (κ2) is 5.38. The number of halogens is 2. The maximum atomic E-state index is 13.2. The SMILES string of the molecule is Cc1cc(F)cc(C)c1S(=O)(=O)Nc1ccc(Cl)nc1. The van der Waals surface area contributed by atoms with Gasteiger partial charge in [-0.1, -0.05) is 11.6 Å². The van der Waals surface area contributed by atoms with Crippen molar-refractivity contribution in [3.8, 4) is 0 Å². The van der Waals surface area contributed by atoms with Gasteiger partial charge in [-0.2, -0.15) is 0 Å². The third-order valence-corrected chi connectivity index (χ3v) is 4.58. The topological polar surface area (TPSA) is 59.1 Å². The number of anilines is 1. The van der Waals surface area contributed by atoms with E-state index in [1.54, 1.807) is 13.8 Å². The Labute approximate surface area is 121 Å². The normalized spacial score (nSPS) is 11.4. The molecular formula is C13H12ClFN2O2S. The molecule has 0 radical (unpaired) electrons. The summed E-state index contributed by atoms with van der Waals surface area (Å²) in [7, 11) is -3.80. The van der Waals surface area contributed by atoms with E-state index in [0.29, 0.717) is 11.1 Å². The van der Waals surface area contributed by atoms with Crippen LogP contribution in [0.4, 0.5) is 10.1 Å². The van der Waals surface area contributed by atoms with E-state index in [9.17, 15) is 12.8 Å². The van der Waals surface area contributed by atoms with Crippen molar-refractivity contribution in [2.75, 3.05) is 4.72 Å². The molecular weight excluding hydrogens is 303 g/mol. The van der Waals surface area contributed by atoms with Gasteiger partial charge in [0.05, 0.1) is 16.8 Å². The number of sulfonamides is 1. The van der Waals surface area contributed by atoms with Crippen LogP contribution in [-0.2, 0) is 10.0 Å². The summed E-state index contributed by atoms with van der Waals surface area (Å²) in [6.45, 7) is 3.09. The highest BCUT2D eigenvalue weighted by Gasteiger charge is 2.20. The van der Waals surface area contributed by atoms with Crippen LogP contribution in [0.15, 0.2) is 35.4 Å². The first-order valence-electron chi connectivity index (χ1n) is 5.71. The van der Waals surface area contributed by atoms with Crippen LogP contribution in [0.25, 0.3) is 0 Å². The number of hydrogen-bond acceptors (Lipinski definition) is 3. The van der Waals surface area contributed by atoms with E-state index >= 15 is 0 Å². The molecule has 20 heavy (non-hydrogen) atoms. The number of rotatable bonds is 3. The monoisotopic (exact) mass is 314 g/mol. The predicted octanol–water partition coefficient (Wildman–Crippen LogP) is 3.29. The van der Waals surface area contributed by atoms with Crippen molar-refractivity contribution in [3.05, 3.63) is 52.6 Å². The van der Waals surface area contributed by atoms with Gasteiger partial charge in [-0.25, -0.2) is 17.8 Å². The summed E-state index contributed by atoms with van der Waals surface area (Å²) in [6.07, 6.45) is 1.31. The molecule has 106 valence electrons. The Kier molecular flexibility index (Phi) is 3.96. The van der Waals surface area contributed by atoms with E-state index < -0.39 is 15.8 Å². The minimum absolute atomic E-state index is 0.0638. The van der Waals surface area contributed by atoms with Gasteiger partial charge in [-0.05, 0) is 49.2 Å². The van der Waals surface area contributed by atoms with Crippen molar-refractivity contribution >= 4 is 27.3 Å². The molecule has 7 heteroatoms. The van der Waals surface area contributed by atoms with Crippen molar-refractivity contribution in [2.45, 2.75) is 18.7 Å². The van der Waals surface area contributed by atoms with E-state index in [2.05, 4.69) is 9.71 Å². The zero-order valence-corrected chi connectivity index (χ0v) is 12.4. The first kappa shape index (κ1) is 14.7. The van der Waals surface area contributed by atoms with Crippen molar-refractivity contribution in [1.82, 2.24) is 4.98 Å². The largest absolute Gasteiger partial charge is 0.278 e. The van der Waals surface area contributed by atoms with Crippen molar-refractivity contribution in [1.29, 1.82) is 0 Å². The summed E-state index contributed by atoms with van der Waals surface area (Å²) in [5.74, 6) is -0.466. The first-order valence-corrected chi connectivity index (χ1v) is 7.57. The number of nitrogens with one attached hydrogen (secondary N) is 1. The van der Waals surface area contributed by atoms with Crippen molar-refractivity contribution in [2.24, 2.45) is 0 Å². The molecule has 1 aromatic carbocycles. The number of benzene rings is 1. The number of nitrogens with zero attached hydrogens (tertiary/aromatic N) is 1. The highest BCUT2D eigenvalue weighted by molar-refractivity contribution is 7.92. The predicted molar refractivity (Wildman–Crippen MR) is 75.9 cm³/mol. The highest BCUT2D eigenvalue weighted by Crippen LogP contribution is 2.24. The minimum Gasteiger partial charge on any atom is -0.278 e. The minimum atomic E-state index is -3.80. The number of aromatic nitrogens is 1. The maximum absolute atomic E-state index is 13.2. The van der Waals surface area contributed by atoms with Crippen LogP contribution in [0.1, 0.15) is 11.1 Å². The van der Waals surface area contributed by atoms with Crippen LogP contribution in [0, 0.1) is 19.7 Å². The second-order valence-corrected chi connectivity index (χ2v) is 6.35. The van der Waals surface area contributed by atoms with Gasteiger partial charge in [0.15, 0.2) is 0 Å². The molecule has 1 N–H and O–H groups in total. The van der Waals surface area contributed by atoms with Crippen LogP contribution in [-0.4, -0.2) is 13.4 Å². The average molecular weight is 315 g/mol. The lowest BCUT2D eigenvalue weighted by molar-refractivity contribution is 0.597. The molecule has 0 amide bonds. The number of aryl methyl sites for hydroxylation is 2. The summed E-state index contributed by atoms with van der Waals surface area (Å²) >= 11 is 5.64. The molecule has 2 rings (SSSR count). The Hall–Kier alpha value is -1.66. The highest BCUT2D eigenvalue weighted by atomic mass is 35.5. The molecule has 0 saturated heterocycles. The number of hydrogen-bond donors (Lipinski definition) is 1. The fourth-order valence-electron chi connectivity index (χ4n) is 1.96. The fraction of sp³-hybridized carbons (Fsp3) is 0.154. The molecule has 0 aliphatic rings. The van der Waals surface area contributed by atoms with Crippen LogP contribution in [0.2, 0.25) is 5.15 Å². The molecule has 2 aromatic rings. The Bertz CT molecular complexity index is 722. The number of pyridine rings is 1. The van der Waals surface area contributed by atoms with Gasteiger partial charge >= 0.3 is 0 Å². The molecule has 0 spiro atoms. The van der Waals surface area contributed by atoms with Gasteiger partial charge < -0.3 is 0 Å². The lowest BCUT2D eigenvalue weighted by Crippen LogP contribution is -2.16. The molecule has 0 unspecified atom stereocenters. The van der Waals surface area contributed by atoms with Gasteiger partial charge in [0.2, 0.25) is 0 Å². The van der Waals surface area contributed by atoms with Gasteiger partial charge in [0, 0.05) is 0 Å². The Balaban J connectivity index is 2.43. The van der Waals surface area contributed by atoms with Gasteiger partial charge in [-0.3, -0.25) is 4.72 Å². The molecule has 4 nitrogen and oxygen atoms in total. The average Bonchev–Trinajstić information content (AvgIpc) is 2.30. The quantitative estimate of drug-likeness (QED) is 0.884. The van der Waals surface area contributed by atoms with Gasteiger partial charge in [0.1, 0.15) is 11.0 Å². The van der Waals surface area contributed by atoms with Gasteiger partial charge in [0.25, 0.3) is 10.0 Å². The first-order chi connectivity index (χ1) is 9.29. The molecule has 0 aliphatic heterocycles. The summed E-state index contributed by atoms with van der Waals surface area (Å²) in [6, 6.07) is 5.34. The Morgan fingerprint density at radius 1 is 1.20 bits per heavy atom. The zero-order valence-electron chi connectivity index (χ0n) is 10.8. The van der Waals surface area contributed by atoms with E-state index in [1.807, 2.05) is 0 Å². The van der Waals surface area contributed by atoms with Crippen LogP contribution >= 0.6 is 11.6 Å². The molecule has 1 heterocycles. The summed E-state index contributed by atoms with van der Waals surface area (Å²) in [5, 5.41) is 0.266. The van der Waals surface area contributed by atoms with Crippen molar-refractivity contribution < 1.29 is 12.8 Å². The summed E-state index contributed by atoms with van der Waals surface area (Å²) in [4.78, 5) is 3.86. The van der Waals surface area contributed by atoms with E-state index in [4.69, 9.17) is 11.6 Å². The molecule has 0 atom stereocenters. The van der Waals surface area contributed by atoms with E-state index in [-0.39, 0.29) is 15.7 Å². The third kappa shape index (κ3) is 3.08. The fourth-order valence-corrected chi connectivity index (χ4v) is 3.57. The van der Waals surface area contributed by atoms with Gasteiger partial charge in [-0.15, -0.1) is 0 Å². The Morgan fingerprint density at radius 3 is 2.30 bits per heavy atom. The molecule has 0 bridgehead atoms. The maximum Gasteiger partial charge on any atom is 0.262 e. The zero-order chi connectivity index (χ0) is 14.9. The van der Waals surface area contributed by atoms with Crippen LogP contribution in [0.3, 0.4) is 0 Å². The third-order valence-electron chi connectivity index (χ3n) is 2.67. The summed E-state index contributed by atoms with van der Waals surface area (Å²) < 4.78 is 40.3. The molecule has 0 saturated carbocycles. The molecule has 0 fully saturated rings. The van der Waals surface area contributed by atoms with Crippen LogP contribution in [0.5, 0.6) is 0 Å². The van der Waals surface area contributed by atoms with Crippen molar-refractivity contribution in [3.63, 3.8) is 0 Å². The smallest absolute Gasteiger partial charge is 0.262 e. The molecule has 1 aromatic heterocycles. The second-order valence-electron chi connectivity index (χ2n) is 4.34. The Morgan fingerprint density at radius 2 is 1.80 bits per heavy atom. The van der Waals surface area contributed by atoms with E-state index in [0.717, 1.165) is 0 Å². The lowest BCUT2D eigenvalue weighted by atomic mass is 10.1. The van der Waals surface area contributed by atoms with Crippen LogP contribution < -0.4 is 4.72 Å². The van der Waals surface area contributed by atoms with E-state index in [1.165, 1.54) is 30.5 Å². The molecule has 0 aliphatic carbocycles. The summed E-state index contributed by atoms with van der Waals surface area (Å²) in [5.41, 5.74) is 0.978. The lowest BCUT2D eigenvalue weighted by Gasteiger charge is -2.13. The standard InChI is InChI=1S/C13H12ClFN2O2S/c1-8-5-10(15)6-9(2)13(8)20(18,19)17-11-3-4-12(14)16-7-11/h3-7,17H,1-2H3.